The van der Waals surface area contributed by atoms with Gasteiger partial charge in [-0.15, -0.1) is 0 Å². The molecule has 1 amide bonds. The van der Waals surface area contributed by atoms with Crippen LogP contribution >= 0.6 is 15.9 Å². The van der Waals surface area contributed by atoms with Crippen molar-refractivity contribution in [2.75, 3.05) is 20.2 Å². The van der Waals surface area contributed by atoms with Crippen LogP contribution in [0.2, 0.25) is 0 Å². The maximum atomic E-state index is 12.0. The van der Waals surface area contributed by atoms with Gasteiger partial charge in [-0.2, -0.15) is 0 Å². The number of nitrogens with zero attached hydrogens (tertiary/aromatic N) is 1. The topological polar surface area (TPSA) is 46.6 Å². The Morgan fingerprint density at radius 3 is 2.56 bits per heavy atom. The van der Waals surface area contributed by atoms with Crippen LogP contribution in [-0.2, 0) is 14.3 Å². The fraction of sp³-hybridized carbons (Fsp3) is 0.818. The maximum absolute atomic E-state index is 12.0. The van der Waals surface area contributed by atoms with Crippen molar-refractivity contribution in [3.63, 3.8) is 0 Å². The normalized spacial score (nSPS) is 22.3. The summed E-state index contributed by atoms with van der Waals surface area (Å²) in [5.74, 6) is -0.0436. The Balaban J connectivity index is 2.53. The van der Waals surface area contributed by atoms with Crippen molar-refractivity contribution in [3.8, 4) is 0 Å². The number of amides is 1. The molecule has 2 atom stereocenters. The molecule has 2 unspecified atom stereocenters. The molecule has 1 heterocycles. The first-order valence-electron chi connectivity index (χ1n) is 5.48. The van der Waals surface area contributed by atoms with Gasteiger partial charge < -0.3 is 9.64 Å². The number of methoxy groups -OCH3 is 1. The van der Waals surface area contributed by atoms with Crippen molar-refractivity contribution < 1.29 is 14.3 Å². The predicted molar refractivity (Wildman–Crippen MR) is 64.3 cm³/mol. The van der Waals surface area contributed by atoms with Crippen molar-refractivity contribution in [3.05, 3.63) is 0 Å². The first-order chi connectivity index (χ1) is 7.47. The van der Waals surface area contributed by atoms with Crippen molar-refractivity contribution in [2.24, 2.45) is 11.8 Å². The van der Waals surface area contributed by atoms with Gasteiger partial charge in [0.05, 0.1) is 17.9 Å². The number of ether oxygens (including phenoxy) is 1. The first kappa shape index (κ1) is 13.5. The van der Waals surface area contributed by atoms with Gasteiger partial charge in [0.15, 0.2) is 0 Å². The fourth-order valence-corrected chi connectivity index (χ4v) is 2.07. The molecule has 1 fully saturated rings. The molecule has 0 aromatic heterocycles. The zero-order valence-corrected chi connectivity index (χ0v) is 11.5. The standard InChI is InChI=1S/C11H18BrNO3/c1-7(2)9(12)10(14)13-5-4-8(6-13)11(15)16-3/h7-9H,4-6H2,1-3H3. The molecule has 92 valence electrons. The summed E-state index contributed by atoms with van der Waals surface area (Å²) in [5, 5.41) is 0. The van der Waals surface area contributed by atoms with E-state index in [1.165, 1.54) is 7.11 Å². The second-order valence-electron chi connectivity index (χ2n) is 4.44. The van der Waals surface area contributed by atoms with Gasteiger partial charge in [-0.05, 0) is 12.3 Å². The highest BCUT2D eigenvalue weighted by molar-refractivity contribution is 9.10. The molecule has 16 heavy (non-hydrogen) atoms. The lowest BCUT2D eigenvalue weighted by atomic mass is 10.1. The van der Waals surface area contributed by atoms with E-state index in [4.69, 9.17) is 0 Å². The quantitative estimate of drug-likeness (QED) is 0.584. The molecule has 1 rings (SSSR count). The molecule has 4 nitrogen and oxygen atoms in total. The third-order valence-corrected chi connectivity index (χ3v) is 4.30. The molecular weight excluding hydrogens is 274 g/mol. The van der Waals surface area contributed by atoms with E-state index in [2.05, 4.69) is 20.7 Å². The van der Waals surface area contributed by atoms with Crippen molar-refractivity contribution >= 4 is 27.8 Å². The van der Waals surface area contributed by atoms with Crippen molar-refractivity contribution in [1.29, 1.82) is 0 Å². The molecule has 1 aliphatic heterocycles. The van der Waals surface area contributed by atoms with E-state index in [0.29, 0.717) is 19.5 Å². The van der Waals surface area contributed by atoms with Crippen LogP contribution in [0.1, 0.15) is 20.3 Å². The number of halogens is 1. The monoisotopic (exact) mass is 291 g/mol. The second-order valence-corrected chi connectivity index (χ2v) is 5.43. The highest BCUT2D eigenvalue weighted by atomic mass is 79.9. The lowest BCUT2D eigenvalue weighted by Crippen LogP contribution is -2.37. The van der Waals surface area contributed by atoms with Gasteiger partial charge in [0, 0.05) is 13.1 Å². The molecule has 0 bridgehead atoms. The summed E-state index contributed by atoms with van der Waals surface area (Å²) in [7, 11) is 1.38. The molecule has 0 saturated carbocycles. The summed E-state index contributed by atoms with van der Waals surface area (Å²) in [6.07, 6.45) is 0.705. The summed E-state index contributed by atoms with van der Waals surface area (Å²) in [6.45, 7) is 5.12. The van der Waals surface area contributed by atoms with Crippen LogP contribution < -0.4 is 0 Å². The number of esters is 1. The minimum atomic E-state index is -0.217. The summed E-state index contributed by atoms with van der Waals surface area (Å²) in [5.41, 5.74) is 0. The Kier molecular flexibility index (Phi) is 4.77. The molecule has 5 heteroatoms. The first-order valence-corrected chi connectivity index (χ1v) is 6.39. The fourth-order valence-electron chi connectivity index (χ4n) is 1.78. The van der Waals surface area contributed by atoms with E-state index >= 15 is 0 Å². The smallest absolute Gasteiger partial charge is 0.310 e. The third-order valence-electron chi connectivity index (χ3n) is 2.86. The van der Waals surface area contributed by atoms with Gasteiger partial charge >= 0.3 is 5.97 Å². The van der Waals surface area contributed by atoms with Crippen LogP contribution in [0.3, 0.4) is 0 Å². The van der Waals surface area contributed by atoms with Crippen molar-refractivity contribution in [1.82, 2.24) is 4.90 Å². The number of hydrogen-bond acceptors (Lipinski definition) is 3. The second kappa shape index (κ2) is 5.66. The van der Waals surface area contributed by atoms with E-state index in [-0.39, 0.29) is 28.5 Å². The number of carbonyl (C=O) groups excluding carboxylic acids is 2. The van der Waals surface area contributed by atoms with Gasteiger partial charge in [-0.25, -0.2) is 0 Å². The molecule has 0 aromatic carbocycles. The molecule has 1 aliphatic rings. The highest BCUT2D eigenvalue weighted by Crippen LogP contribution is 2.22. The number of rotatable bonds is 3. The Morgan fingerprint density at radius 2 is 2.06 bits per heavy atom. The van der Waals surface area contributed by atoms with E-state index < -0.39 is 0 Å². The van der Waals surface area contributed by atoms with Gasteiger partial charge in [0.1, 0.15) is 0 Å². The van der Waals surface area contributed by atoms with Crippen LogP contribution in [0.4, 0.5) is 0 Å². The minimum Gasteiger partial charge on any atom is -0.469 e. The van der Waals surface area contributed by atoms with Gasteiger partial charge in [-0.3, -0.25) is 9.59 Å². The highest BCUT2D eigenvalue weighted by Gasteiger charge is 2.34. The maximum Gasteiger partial charge on any atom is 0.310 e. The number of carbonyl (C=O) groups is 2. The molecule has 0 spiro atoms. The molecule has 0 aliphatic carbocycles. The van der Waals surface area contributed by atoms with E-state index in [1.54, 1.807) is 4.90 Å². The molecule has 0 radical (unpaired) electrons. The lowest BCUT2D eigenvalue weighted by Gasteiger charge is -2.21. The molecule has 0 aromatic rings. The number of likely N-dealkylation sites (tertiary alicyclic amines) is 1. The van der Waals surface area contributed by atoms with Gasteiger partial charge in [0.2, 0.25) is 5.91 Å². The number of alkyl halides is 1. The van der Waals surface area contributed by atoms with E-state index in [0.717, 1.165) is 0 Å². The van der Waals surface area contributed by atoms with Crippen LogP contribution in [0.15, 0.2) is 0 Å². The van der Waals surface area contributed by atoms with Crippen molar-refractivity contribution in [2.45, 2.75) is 25.1 Å². The average Bonchev–Trinajstić information content (AvgIpc) is 2.75. The molecule has 0 N–H and O–H groups in total. The largest absolute Gasteiger partial charge is 0.469 e. The van der Waals surface area contributed by atoms with Crippen LogP contribution in [0.5, 0.6) is 0 Å². The van der Waals surface area contributed by atoms with E-state index in [9.17, 15) is 9.59 Å². The third kappa shape index (κ3) is 2.97. The van der Waals surface area contributed by atoms with Gasteiger partial charge in [0.25, 0.3) is 0 Å². The average molecular weight is 292 g/mol. The summed E-state index contributed by atoms with van der Waals surface area (Å²) < 4.78 is 4.68. The minimum absolute atomic E-state index is 0.0707. The Labute approximate surface area is 104 Å². The van der Waals surface area contributed by atoms with Crippen LogP contribution in [-0.4, -0.2) is 41.8 Å². The lowest BCUT2D eigenvalue weighted by molar-refractivity contribution is -0.145. The number of hydrogen-bond donors (Lipinski definition) is 0. The Morgan fingerprint density at radius 1 is 1.44 bits per heavy atom. The van der Waals surface area contributed by atoms with Crippen LogP contribution in [0, 0.1) is 11.8 Å². The Hall–Kier alpha value is -0.580. The van der Waals surface area contributed by atoms with E-state index in [1.807, 2.05) is 13.8 Å². The molecule has 1 saturated heterocycles. The zero-order valence-electron chi connectivity index (χ0n) is 9.90. The molecular formula is C11H18BrNO3. The summed E-state index contributed by atoms with van der Waals surface area (Å²) in [6, 6.07) is 0. The van der Waals surface area contributed by atoms with Gasteiger partial charge in [-0.1, -0.05) is 29.8 Å². The summed E-state index contributed by atoms with van der Waals surface area (Å²) in [4.78, 5) is 24.9. The SMILES string of the molecule is COC(=O)C1CCN(C(=O)C(Br)C(C)C)C1. The van der Waals surface area contributed by atoms with Crippen LogP contribution in [0.25, 0.3) is 0 Å². The summed E-state index contributed by atoms with van der Waals surface area (Å²) >= 11 is 3.38. The zero-order chi connectivity index (χ0) is 12.3. The Bertz CT molecular complexity index is 280. The predicted octanol–water partition coefficient (Wildman–Crippen LogP) is 1.43.